The highest BCUT2D eigenvalue weighted by Crippen LogP contribution is 2.67. The molecule has 0 amide bonds. The minimum atomic E-state index is -1.98. The standard InChI is InChI=1S/C19H29FO2/c1-17-11-13(21)5-3-12(17)4-6-14-15(17)7-9-18(2)16(14)8-10-19(18,20)22/h3,13-16,21-22H,4-11H2,1-2H3/t13?,14-,15-,16+,17+,18+,19?/m1/s1. The van der Waals surface area contributed by atoms with Gasteiger partial charge in [-0.05, 0) is 68.1 Å². The third-order valence-electron chi connectivity index (χ3n) is 8.08. The molecule has 0 radical (unpaired) electrons. The van der Waals surface area contributed by atoms with Crippen LogP contribution in [0.25, 0.3) is 0 Å². The van der Waals surface area contributed by atoms with Gasteiger partial charge < -0.3 is 10.2 Å². The summed E-state index contributed by atoms with van der Waals surface area (Å²) in [5.41, 5.74) is 1.08. The van der Waals surface area contributed by atoms with Crippen molar-refractivity contribution in [3.63, 3.8) is 0 Å². The SMILES string of the molecule is C[C@]12CC(O)CC=C1CC[C@@H]1[C@H]2CC[C@@]2(C)[C@H]1CCC2(O)F. The second-order valence-corrected chi connectivity index (χ2v) is 8.91. The van der Waals surface area contributed by atoms with Crippen molar-refractivity contribution in [1.82, 2.24) is 0 Å². The minimum Gasteiger partial charge on any atom is -0.393 e. The maximum atomic E-state index is 14.7. The lowest BCUT2D eigenvalue weighted by molar-refractivity contribution is -0.199. The fraction of sp³-hybridized carbons (Fsp3) is 0.895. The maximum absolute atomic E-state index is 14.7. The molecule has 4 aliphatic carbocycles. The summed E-state index contributed by atoms with van der Waals surface area (Å²) in [6.45, 7) is 4.31. The number of allylic oxidation sites excluding steroid dienone is 1. The third kappa shape index (κ3) is 1.78. The van der Waals surface area contributed by atoms with Crippen molar-refractivity contribution >= 4 is 0 Å². The summed E-state index contributed by atoms with van der Waals surface area (Å²) in [7, 11) is 0. The van der Waals surface area contributed by atoms with Gasteiger partial charge in [0.1, 0.15) is 0 Å². The van der Waals surface area contributed by atoms with Gasteiger partial charge in [-0.2, -0.15) is 0 Å². The van der Waals surface area contributed by atoms with E-state index in [1.165, 1.54) is 5.57 Å². The Balaban J connectivity index is 1.69. The molecule has 0 bridgehead atoms. The molecule has 0 saturated heterocycles. The van der Waals surface area contributed by atoms with Crippen molar-refractivity contribution < 1.29 is 14.6 Å². The molecule has 4 aliphatic rings. The van der Waals surface area contributed by atoms with Crippen molar-refractivity contribution in [2.45, 2.75) is 77.2 Å². The molecule has 0 spiro atoms. The first-order chi connectivity index (χ1) is 10.3. The van der Waals surface area contributed by atoms with Gasteiger partial charge in [-0.15, -0.1) is 0 Å². The summed E-state index contributed by atoms with van der Waals surface area (Å²) in [6.07, 6.45) is 8.86. The lowest BCUT2D eigenvalue weighted by Gasteiger charge is -2.58. The Bertz CT molecular complexity index is 514. The molecule has 0 heterocycles. The van der Waals surface area contributed by atoms with Gasteiger partial charge in [0, 0.05) is 11.8 Å². The molecule has 3 heteroatoms. The van der Waals surface area contributed by atoms with E-state index < -0.39 is 11.3 Å². The molecular formula is C19H29FO2. The topological polar surface area (TPSA) is 40.5 Å². The third-order valence-corrected chi connectivity index (χ3v) is 8.08. The summed E-state index contributed by atoms with van der Waals surface area (Å²) in [4.78, 5) is 0. The van der Waals surface area contributed by atoms with Crippen LogP contribution >= 0.6 is 0 Å². The van der Waals surface area contributed by atoms with Gasteiger partial charge in [-0.1, -0.05) is 25.5 Å². The highest BCUT2D eigenvalue weighted by Gasteiger charge is 2.64. The molecule has 4 rings (SSSR count). The average Bonchev–Trinajstić information content (AvgIpc) is 2.68. The largest absolute Gasteiger partial charge is 0.393 e. The van der Waals surface area contributed by atoms with Crippen molar-refractivity contribution in [1.29, 1.82) is 0 Å². The zero-order valence-electron chi connectivity index (χ0n) is 13.8. The highest BCUT2D eigenvalue weighted by atomic mass is 19.2. The first kappa shape index (κ1) is 15.1. The highest BCUT2D eigenvalue weighted by molar-refractivity contribution is 5.25. The predicted molar refractivity (Wildman–Crippen MR) is 83.8 cm³/mol. The molecule has 0 aromatic carbocycles. The van der Waals surface area contributed by atoms with Crippen LogP contribution in [0.15, 0.2) is 11.6 Å². The molecule has 3 saturated carbocycles. The smallest absolute Gasteiger partial charge is 0.212 e. The molecule has 2 unspecified atom stereocenters. The normalized spacial score (nSPS) is 57.6. The zero-order chi connectivity index (χ0) is 15.8. The lowest BCUT2D eigenvalue weighted by atomic mass is 9.47. The van der Waals surface area contributed by atoms with Crippen LogP contribution in [0.2, 0.25) is 0 Å². The summed E-state index contributed by atoms with van der Waals surface area (Å²) < 4.78 is 14.7. The molecule has 7 atom stereocenters. The number of hydrogen-bond donors (Lipinski definition) is 2. The number of hydrogen-bond acceptors (Lipinski definition) is 2. The van der Waals surface area contributed by atoms with Crippen molar-refractivity contribution in [2.24, 2.45) is 28.6 Å². The number of fused-ring (bicyclic) bond motifs is 5. The Labute approximate surface area is 132 Å². The van der Waals surface area contributed by atoms with Gasteiger partial charge in [0.05, 0.1) is 6.10 Å². The second kappa shape index (κ2) is 4.57. The van der Waals surface area contributed by atoms with E-state index in [-0.39, 0.29) is 11.5 Å². The van der Waals surface area contributed by atoms with Gasteiger partial charge in [0.25, 0.3) is 0 Å². The minimum absolute atomic E-state index is 0.0962. The van der Waals surface area contributed by atoms with Gasteiger partial charge in [0.15, 0.2) is 0 Å². The molecule has 124 valence electrons. The van der Waals surface area contributed by atoms with Crippen molar-refractivity contribution in [2.75, 3.05) is 0 Å². The van der Waals surface area contributed by atoms with Crippen LogP contribution in [0, 0.1) is 28.6 Å². The number of halogens is 1. The summed E-state index contributed by atoms with van der Waals surface area (Å²) in [5, 5.41) is 20.4. The quantitative estimate of drug-likeness (QED) is 0.665. The molecular weight excluding hydrogens is 279 g/mol. The maximum Gasteiger partial charge on any atom is 0.212 e. The van der Waals surface area contributed by atoms with Crippen LogP contribution in [0.5, 0.6) is 0 Å². The Morgan fingerprint density at radius 1 is 1.14 bits per heavy atom. The summed E-state index contributed by atoms with van der Waals surface area (Å²) in [6, 6.07) is 0. The first-order valence-corrected chi connectivity index (χ1v) is 9.07. The van der Waals surface area contributed by atoms with Crippen molar-refractivity contribution in [3.05, 3.63) is 11.6 Å². The van der Waals surface area contributed by atoms with E-state index in [4.69, 9.17) is 0 Å². The second-order valence-electron chi connectivity index (χ2n) is 8.91. The van der Waals surface area contributed by atoms with Gasteiger partial charge in [-0.3, -0.25) is 0 Å². The number of rotatable bonds is 0. The zero-order valence-corrected chi connectivity index (χ0v) is 13.8. The van der Waals surface area contributed by atoms with Gasteiger partial charge in [-0.25, -0.2) is 4.39 Å². The van der Waals surface area contributed by atoms with Crippen LogP contribution in [0.4, 0.5) is 4.39 Å². The van der Waals surface area contributed by atoms with Crippen LogP contribution < -0.4 is 0 Å². The lowest BCUT2D eigenvalue weighted by Crippen LogP contribution is -2.54. The molecule has 2 N–H and O–H groups in total. The van der Waals surface area contributed by atoms with Gasteiger partial charge in [0.2, 0.25) is 5.85 Å². The van der Waals surface area contributed by atoms with Crippen LogP contribution in [-0.2, 0) is 0 Å². The molecule has 22 heavy (non-hydrogen) atoms. The Morgan fingerprint density at radius 3 is 2.64 bits per heavy atom. The molecule has 2 nitrogen and oxygen atoms in total. The fourth-order valence-corrected chi connectivity index (χ4v) is 6.76. The average molecular weight is 308 g/mol. The summed E-state index contributed by atoms with van der Waals surface area (Å²) in [5.74, 6) is -0.616. The van der Waals surface area contributed by atoms with E-state index in [0.717, 1.165) is 44.9 Å². The van der Waals surface area contributed by atoms with E-state index >= 15 is 0 Å². The van der Waals surface area contributed by atoms with Crippen LogP contribution in [-0.4, -0.2) is 22.2 Å². The molecule has 0 aromatic rings. The fourth-order valence-electron chi connectivity index (χ4n) is 6.76. The molecule has 0 aliphatic heterocycles. The Morgan fingerprint density at radius 2 is 1.86 bits per heavy atom. The first-order valence-electron chi connectivity index (χ1n) is 9.07. The van der Waals surface area contributed by atoms with E-state index in [9.17, 15) is 14.6 Å². The number of alkyl halides is 1. The Kier molecular flexibility index (Phi) is 3.14. The van der Waals surface area contributed by atoms with Crippen LogP contribution in [0.1, 0.15) is 65.2 Å². The molecule has 0 aromatic heterocycles. The van der Waals surface area contributed by atoms with E-state index in [1.54, 1.807) is 0 Å². The van der Waals surface area contributed by atoms with E-state index in [0.29, 0.717) is 24.2 Å². The monoisotopic (exact) mass is 308 g/mol. The van der Waals surface area contributed by atoms with E-state index in [2.05, 4.69) is 13.0 Å². The number of aliphatic hydroxyl groups is 2. The van der Waals surface area contributed by atoms with Crippen molar-refractivity contribution in [3.8, 4) is 0 Å². The van der Waals surface area contributed by atoms with Crippen LogP contribution in [0.3, 0.4) is 0 Å². The van der Waals surface area contributed by atoms with E-state index in [1.807, 2.05) is 6.92 Å². The number of aliphatic hydroxyl groups excluding tert-OH is 1. The molecule has 3 fully saturated rings. The van der Waals surface area contributed by atoms with Gasteiger partial charge >= 0.3 is 0 Å². The predicted octanol–water partition coefficient (Wildman–Crippen LogP) is 3.97. The summed E-state index contributed by atoms with van der Waals surface area (Å²) >= 11 is 0. The Hall–Kier alpha value is -0.410.